The van der Waals surface area contributed by atoms with Crippen LogP contribution >= 0.6 is 0 Å². The highest BCUT2D eigenvalue weighted by molar-refractivity contribution is 5.87. The SMILES string of the molecule is CC(C)CCOCCOC(=O)C=Cc1ccc2c(c1)OCO2. The quantitative estimate of drug-likeness (QED) is 0.420. The predicted molar refractivity (Wildman–Crippen MR) is 82.8 cm³/mol. The number of carbonyl (C=O) groups is 1. The second-order valence-corrected chi connectivity index (χ2v) is 5.41. The first-order valence-electron chi connectivity index (χ1n) is 7.47. The lowest BCUT2D eigenvalue weighted by Gasteiger charge is -2.06. The van der Waals surface area contributed by atoms with Crippen molar-refractivity contribution in [2.45, 2.75) is 20.3 Å². The molecule has 0 saturated carbocycles. The van der Waals surface area contributed by atoms with Gasteiger partial charge in [-0.15, -0.1) is 0 Å². The Bertz CT molecular complexity index is 522. The van der Waals surface area contributed by atoms with Gasteiger partial charge in [-0.25, -0.2) is 4.79 Å². The highest BCUT2D eigenvalue weighted by atomic mass is 16.7. The molecule has 0 aromatic heterocycles. The summed E-state index contributed by atoms with van der Waals surface area (Å²) < 4.78 is 20.9. The third-order valence-corrected chi connectivity index (χ3v) is 3.12. The maximum atomic E-state index is 11.6. The van der Waals surface area contributed by atoms with E-state index in [9.17, 15) is 4.79 Å². The van der Waals surface area contributed by atoms with Gasteiger partial charge in [0, 0.05) is 12.7 Å². The van der Waals surface area contributed by atoms with Gasteiger partial charge in [-0.1, -0.05) is 19.9 Å². The molecule has 120 valence electrons. The maximum absolute atomic E-state index is 11.6. The Kier molecular flexibility index (Phi) is 6.27. The molecule has 22 heavy (non-hydrogen) atoms. The van der Waals surface area contributed by atoms with E-state index in [0.29, 0.717) is 24.9 Å². The molecular formula is C17H22O5. The Hall–Kier alpha value is -2.01. The van der Waals surface area contributed by atoms with Crippen LogP contribution in [0.2, 0.25) is 0 Å². The van der Waals surface area contributed by atoms with Crippen LogP contribution in [0.5, 0.6) is 11.5 Å². The fourth-order valence-corrected chi connectivity index (χ4v) is 1.85. The molecule has 0 atom stereocenters. The van der Waals surface area contributed by atoms with E-state index >= 15 is 0 Å². The fraction of sp³-hybridized carbons (Fsp3) is 0.471. The van der Waals surface area contributed by atoms with Gasteiger partial charge >= 0.3 is 5.97 Å². The molecule has 0 spiro atoms. The number of rotatable bonds is 8. The lowest BCUT2D eigenvalue weighted by atomic mass is 10.1. The van der Waals surface area contributed by atoms with Gasteiger partial charge in [0.1, 0.15) is 6.61 Å². The smallest absolute Gasteiger partial charge is 0.330 e. The van der Waals surface area contributed by atoms with Crippen molar-refractivity contribution in [2.24, 2.45) is 5.92 Å². The molecule has 1 aromatic carbocycles. The molecule has 0 saturated heterocycles. The molecule has 1 aromatic rings. The summed E-state index contributed by atoms with van der Waals surface area (Å²) in [5, 5.41) is 0. The average Bonchev–Trinajstić information content (AvgIpc) is 2.96. The fourth-order valence-electron chi connectivity index (χ4n) is 1.85. The van der Waals surface area contributed by atoms with Crippen LogP contribution in [0.25, 0.3) is 6.08 Å². The van der Waals surface area contributed by atoms with Crippen LogP contribution in [0.4, 0.5) is 0 Å². The number of carbonyl (C=O) groups excluding carboxylic acids is 1. The van der Waals surface area contributed by atoms with E-state index in [2.05, 4.69) is 13.8 Å². The van der Waals surface area contributed by atoms with Gasteiger partial charge in [-0.2, -0.15) is 0 Å². The highest BCUT2D eigenvalue weighted by Crippen LogP contribution is 2.32. The van der Waals surface area contributed by atoms with E-state index in [0.717, 1.165) is 17.7 Å². The van der Waals surface area contributed by atoms with E-state index < -0.39 is 0 Å². The van der Waals surface area contributed by atoms with Gasteiger partial charge in [0.2, 0.25) is 6.79 Å². The first kappa shape index (κ1) is 16.4. The Morgan fingerprint density at radius 2 is 2.05 bits per heavy atom. The first-order valence-corrected chi connectivity index (χ1v) is 7.47. The number of hydrogen-bond donors (Lipinski definition) is 0. The topological polar surface area (TPSA) is 54.0 Å². The standard InChI is InChI=1S/C17H22O5/c1-13(2)7-8-19-9-10-20-17(18)6-4-14-3-5-15-16(11-14)22-12-21-15/h3-6,11,13H,7-10,12H2,1-2H3. The van der Waals surface area contributed by atoms with E-state index in [1.165, 1.54) is 6.08 Å². The van der Waals surface area contributed by atoms with Crippen molar-refractivity contribution in [3.8, 4) is 11.5 Å². The Morgan fingerprint density at radius 1 is 1.23 bits per heavy atom. The molecule has 5 nitrogen and oxygen atoms in total. The monoisotopic (exact) mass is 306 g/mol. The van der Waals surface area contributed by atoms with E-state index in [4.69, 9.17) is 18.9 Å². The molecular weight excluding hydrogens is 284 g/mol. The third-order valence-electron chi connectivity index (χ3n) is 3.12. The number of hydrogen-bond acceptors (Lipinski definition) is 5. The van der Waals surface area contributed by atoms with Crippen molar-refractivity contribution >= 4 is 12.0 Å². The van der Waals surface area contributed by atoms with Crippen LogP contribution in [0.15, 0.2) is 24.3 Å². The number of ether oxygens (including phenoxy) is 4. The molecule has 0 amide bonds. The summed E-state index contributed by atoms with van der Waals surface area (Å²) in [6.45, 7) is 5.91. The lowest BCUT2D eigenvalue weighted by molar-refractivity contribution is -0.139. The Balaban J connectivity index is 1.66. The van der Waals surface area contributed by atoms with Gasteiger partial charge < -0.3 is 18.9 Å². The van der Waals surface area contributed by atoms with Crippen LogP contribution in [-0.4, -0.2) is 32.6 Å². The summed E-state index contributed by atoms with van der Waals surface area (Å²) in [6.07, 6.45) is 4.09. The lowest BCUT2D eigenvalue weighted by Crippen LogP contribution is -2.09. The second-order valence-electron chi connectivity index (χ2n) is 5.41. The Morgan fingerprint density at radius 3 is 2.86 bits per heavy atom. The predicted octanol–water partition coefficient (Wildman–Crippen LogP) is 3.03. The van der Waals surface area contributed by atoms with Gasteiger partial charge in [-0.05, 0) is 36.1 Å². The summed E-state index contributed by atoms with van der Waals surface area (Å²) in [6, 6.07) is 5.49. The van der Waals surface area contributed by atoms with Crippen molar-refractivity contribution in [2.75, 3.05) is 26.6 Å². The molecule has 0 radical (unpaired) electrons. The largest absolute Gasteiger partial charge is 0.460 e. The summed E-state index contributed by atoms with van der Waals surface area (Å²) in [7, 11) is 0. The van der Waals surface area contributed by atoms with Crippen LogP contribution in [0.3, 0.4) is 0 Å². The number of esters is 1. The van der Waals surface area contributed by atoms with Crippen LogP contribution in [-0.2, 0) is 14.3 Å². The molecule has 1 aliphatic rings. The zero-order valence-corrected chi connectivity index (χ0v) is 13.0. The first-order chi connectivity index (χ1) is 10.6. The van der Waals surface area contributed by atoms with Crippen molar-refractivity contribution in [3.63, 3.8) is 0 Å². The summed E-state index contributed by atoms with van der Waals surface area (Å²) in [5.41, 5.74) is 0.856. The van der Waals surface area contributed by atoms with E-state index in [1.54, 1.807) is 6.08 Å². The van der Waals surface area contributed by atoms with E-state index in [1.807, 2.05) is 18.2 Å². The summed E-state index contributed by atoms with van der Waals surface area (Å²) >= 11 is 0. The molecule has 0 unspecified atom stereocenters. The number of benzene rings is 1. The van der Waals surface area contributed by atoms with Crippen molar-refractivity contribution in [3.05, 3.63) is 29.8 Å². The van der Waals surface area contributed by atoms with Crippen molar-refractivity contribution < 1.29 is 23.7 Å². The van der Waals surface area contributed by atoms with Gasteiger partial charge in [0.05, 0.1) is 6.61 Å². The zero-order valence-electron chi connectivity index (χ0n) is 13.0. The van der Waals surface area contributed by atoms with Crippen molar-refractivity contribution in [1.82, 2.24) is 0 Å². The minimum atomic E-state index is -0.384. The molecule has 5 heteroatoms. The van der Waals surface area contributed by atoms with Crippen molar-refractivity contribution in [1.29, 1.82) is 0 Å². The third kappa shape index (κ3) is 5.41. The van der Waals surface area contributed by atoms with E-state index in [-0.39, 0.29) is 19.4 Å². The van der Waals surface area contributed by atoms with Gasteiger partial charge in [-0.3, -0.25) is 0 Å². The average molecular weight is 306 g/mol. The molecule has 0 N–H and O–H groups in total. The van der Waals surface area contributed by atoms with Gasteiger partial charge in [0.15, 0.2) is 11.5 Å². The molecule has 2 rings (SSSR count). The summed E-state index contributed by atoms with van der Waals surface area (Å²) in [4.78, 5) is 11.6. The normalized spacial score (nSPS) is 13.0. The van der Waals surface area contributed by atoms with Crippen LogP contribution in [0.1, 0.15) is 25.8 Å². The minimum absolute atomic E-state index is 0.237. The van der Waals surface area contributed by atoms with Crippen LogP contribution < -0.4 is 9.47 Å². The molecule has 0 aliphatic carbocycles. The molecule has 0 bridgehead atoms. The zero-order chi connectivity index (χ0) is 15.8. The second kappa shape index (κ2) is 8.44. The van der Waals surface area contributed by atoms with Gasteiger partial charge in [0.25, 0.3) is 0 Å². The minimum Gasteiger partial charge on any atom is -0.460 e. The number of fused-ring (bicyclic) bond motifs is 1. The molecule has 1 aliphatic heterocycles. The Labute approximate surface area is 130 Å². The molecule has 0 fully saturated rings. The molecule has 1 heterocycles. The summed E-state index contributed by atoms with van der Waals surface area (Å²) in [5.74, 6) is 1.64. The maximum Gasteiger partial charge on any atom is 0.330 e. The highest BCUT2D eigenvalue weighted by Gasteiger charge is 2.12. The van der Waals surface area contributed by atoms with Crippen LogP contribution in [0, 0.1) is 5.92 Å².